The fourth-order valence-electron chi connectivity index (χ4n) is 3.19. The largest absolute Gasteiger partial charge is 0.496 e. The van der Waals surface area contributed by atoms with Crippen molar-refractivity contribution >= 4 is 11.6 Å². The number of nitro groups is 1. The van der Waals surface area contributed by atoms with E-state index in [-0.39, 0.29) is 11.3 Å². The summed E-state index contributed by atoms with van der Waals surface area (Å²) in [5, 5.41) is 12.8. The Morgan fingerprint density at radius 1 is 1.22 bits per heavy atom. The first-order valence-corrected chi connectivity index (χ1v) is 8.82. The molecular weight excluding hydrogens is 348 g/mol. The van der Waals surface area contributed by atoms with Gasteiger partial charge in [-0.1, -0.05) is 30.3 Å². The molecule has 8 nitrogen and oxygen atoms in total. The van der Waals surface area contributed by atoms with Gasteiger partial charge in [0.15, 0.2) is 0 Å². The molecule has 0 unspecified atom stereocenters. The summed E-state index contributed by atoms with van der Waals surface area (Å²) in [6.45, 7) is 4.19. The Kier molecular flexibility index (Phi) is 6.00. The third kappa shape index (κ3) is 4.81. The molecule has 1 heterocycles. The number of carbonyl (C=O) groups excluding carboxylic acids is 1. The van der Waals surface area contributed by atoms with Gasteiger partial charge >= 0.3 is 0 Å². The smallest absolute Gasteiger partial charge is 0.270 e. The number of rotatable bonds is 6. The maximum Gasteiger partial charge on any atom is 0.270 e. The highest BCUT2D eigenvalue weighted by molar-refractivity contribution is 5.97. The lowest BCUT2D eigenvalue weighted by atomic mass is 10.1. The van der Waals surface area contributed by atoms with Crippen LogP contribution >= 0.6 is 0 Å². The summed E-state index contributed by atoms with van der Waals surface area (Å²) in [7, 11) is 1.43. The standard InChI is InChI=1S/C19H22N4O4/c1-27-18-8-7-16(23(25)26)13-17(18)19(24)20-22-11-9-21(10-12-22)14-15-5-3-2-4-6-15/h2-8,13H,9-12,14H2,1H3,(H,20,24)/p+1. The summed E-state index contributed by atoms with van der Waals surface area (Å²) < 4.78 is 5.17. The van der Waals surface area contributed by atoms with Gasteiger partial charge in [-0.2, -0.15) is 0 Å². The summed E-state index contributed by atoms with van der Waals surface area (Å²) >= 11 is 0. The summed E-state index contributed by atoms with van der Waals surface area (Å²) in [6.07, 6.45) is 0. The molecule has 3 rings (SSSR count). The Balaban J connectivity index is 1.58. The summed E-state index contributed by atoms with van der Waals surface area (Å²) in [4.78, 5) is 24.5. The third-order valence-corrected chi connectivity index (χ3v) is 4.67. The van der Waals surface area contributed by atoms with Gasteiger partial charge in [-0.05, 0) is 6.07 Å². The number of amides is 1. The molecule has 1 amide bonds. The maximum absolute atomic E-state index is 12.6. The first-order chi connectivity index (χ1) is 13.1. The van der Waals surface area contributed by atoms with Crippen LogP contribution < -0.4 is 15.1 Å². The van der Waals surface area contributed by atoms with Gasteiger partial charge in [0.2, 0.25) is 0 Å². The summed E-state index contributed by atoms with van der Waals surface area (Å²) in [5.74, 6) is -0.0894. The zero-order valence-electron chi connectivity index (χ0n) is 15.2. The van der Waals surface area contributed by atoms with Crippen molar-refractivity contribution in [1.29, 1.82) is 0 Å². The predicted molar refractivity (Wildman–Crippen MR) is 99.5 cm³/mol. The van der Waals surface area contributed by atoms with E-state index >= 15 is 0 Å². The Hall–Kier alpha value is -2.97. The number of nitrogens with one attached hydrogen (secondary N) is 2. The second-order valence-electron chi connectivity index (χ2n) is 6.48. The number of ether oxygens (including phenoxy) is 1. The van der Waals surface area contributed by atoms with Crippen LogP contribution in [0.25, 0.3) is 0 Å². The summed E-state index contributed by atoms with van der Waals surface area (Å²) in [6, 6.07) is 14.3. The van der Waals surface area contributed by atoms with Crippen LogP contribution in [0.3, 0.4) is 0 Å². The zero-order valence-corrected chi connectivity index (χ0v) is 15.2. The van der Waals surface area contributed by atoms with E-state index in [1.54, 1.807) is 0 Å². The van der Waals surface area contributed by atoms with Gasteiger partial charge in [0.05, 0.1) is 43.8 Å². The average molecular weight is 371 g/mol. The maximum atomic E-state index is 12.6. The molecule has 1 aliphatic heterocycles. The van der Waals surface area contributed by atoms with Gasteiger partial charge in [0.25, 0.3) is 11.6 Å². The van der Waals surface area contributed by atoms with Crippen LogP contribution in [0.4, 0.5) is 5.69 Å². The molecule has 0 aliphatic carbocycles. The minimum absolute atomic E-state index is 0.141. The van der Waals surface area contributed by atoms with Crippen molar-refractivity contribution in [3.8, 4) is 5.75 Å². The lowest BCUT2D eigenvalue weighted by molar-refractivity contribution is -0.918. The highest BCUT2D eigenvalue weighted by atomic mass is 16.6. The van der Waals surface area contributed by atoms with E-state index in [1.807, 2.05) is 23.2 Å². The van der Waals surface area contributed by atoms with Gasteiger partial charge in [0, 0.05) is 17.7 Å². The van der Waals surface area contributed by atoms with Gasteiger partial charge in [-0.15, -0.1) is 0 Å². The third-order valence-electron chi connectivity index (χ3n) is 4.67. The van der Waals surface area contributed by atoms with E-state index in [1.165, 1.54) is 35.8 Å². The summed E-state index contributed by atoms with van der Waals surface area (Å²) in [5.41, 5.74) is 4.15. The number of hydrogen-bond donors (Lipinski definition) is 2. The first-order valence-electron chi connectivity index (χ1n) is 8.82. The Morgan fingerprint density at radius 3 is 2.56 bits per heavy atom. The first kappa shape index (κ1) is 18.8. The molecule has 8 heteroatoms. The van der Waals surface area contributed by atoms with E-state index in [0.717, 1.165) is 19.6 Å². The van der Waals surface area contributed by atoms with Crippen molar-refractivity contribution in [2.45, 2.75) is 6.54 Å². The van der Waals surface area contributed by atoms with E-state index in [2.05, 4.69) is 17.6 Å². The van der Waals surface area contributed by atoms with E-state index in [9.17, 15) is 14.9 Å². The molecule has 1 fully saturated rings. The number of nitrogens with zero attached hydrogens (tertiary/aromatic N) is 2. The number of nitro benzene ring substituents is 1. The van der Waals surface area contributed by atoms with Crippen LogP contribution in [0.15, 0.2) is 48.5 Å². The molecule has 27 heavy (non-hydrogen) atoms. The van der Waals surface area contributed by atoms with Gasteiger partial charge in [0.1, 0.15) is 12.3 Å². The second-order valence-corrected chi connectivity index (χ2v) is 6.48. The van der Waals surface area contributed by atoms with E-state index in [0.29, 0.717) is 18.8 Å². The molecular formula is C19H23N4O4+. The molecule has 142 valence electrons. The molecule has 2 N–H and O–H groups in total. The highest BCUT2D eigenvalue weighted by Crippen LogP contribution is 2.23. The monoisotopic (exact) mass is 371 g/mol. The van der Waals surface area contributed by atoms with Crippen molar-refractivity contribution in [3.05, 3.63) is 69.8 Å². The number of quaternary nitrogens is 1. The predicted octanol–water partition coefficient (Wildman–Crippen LogP) is 0.649. The Bertz CT molecular complexity index is 805. The van der Waals surface area contributed by atoms with Crippen molar-refractivity contribution < 1.29 is 19.4 Å². The van der Waals surface area contributed by atoms with Crippen molar-refractivity contribution in [2.75, 3.05) is 33.3 Å². The van der Waals surface area contributed by atoms with E-state index in [4.69, 9.17) is 4.74 Å². The average Bonchev–Trinajstić information content (AvgIpc) is 2.69. The Morgan fingerprint density at radius 2 is 1.93 bits per heavy atom. The SMILES string of the molecule is COc1ccc([N+](=O)[O-])cc1C(=O)NN1CC[NH+](Cc2ccccc2)CC1. The van der Waals surface area contributed by atoms with Crippen LogP contribution in [-0.4, -0.2) is 49.1 Å². The number of benzene rings is 2. The molecule has 1 aliphatic rings. The second kappa shape index (κ2) is 8.61. The fourth-order valence-corrected chi connectivity index (χ4v) is 3.19. The lowest BCUT2D eigenvalue weighted by Crippen LogP contribution is -3.13. The van der Waals surface area contributed by atoms with Crippen LogP contribution in [0.2, 0.25) is 0 Å². The van der Waals surface area contributed by atoms with Gasteiger partial charge in [-0.3, -0.25) is 20.3 Å². The lowest BCUT2D eigenvalue weighted by Gasteiger charge is -2.32. The van der Waals surface area contributed by atoms with Crippen molar-refractivity contribution in [2.24, 2.45) is 0 Å². The number of piperazine rings is 1. The van der Waals surface area contributed by atoms with Crippen molar-refractivity contribution in [1.82, 2.24) is 10.4 Å². The fraction of sp³-hybridized carbons (Fsp3) is 0.316. The van der Waals surface area contributed by atoms with Crippen LogP contribution in [-0.2, 0) is 6.54 Å². The van der Waals surface area contributed by atoms with Gasteiger partial charge < -0.3 is 9.64 Å². The van der Waals surface area contributed by atoms with E-state index < -0.39 is 10.8 Å². The molecule has 2 aromatic rings. The minimum Gasteiger partial charge on any atom is -0.496 e. The number of non-ortho nitro benzene ring substituents is 1. The minimum atomic E-state index is -0.526. The van der Waals surface area contributed by atoms with Crippen molar-refractivity contribution in [3.63, 3.8) is 0 Å². The molecule has 0 aromatic heterocycles. The number of hydrazine groups is 1. The quantitative estimate of drug-likeness (QED) is 0.575. The van der Waals surface area contributed by atoms with Crippen LogP contribution in [0.1, 0.15) is 15.9 Å². The number of hydrogen-bond acceptors (Lipinski definition) is 5. The molecule has 0 radical (unpaired) electrons. The molecule has 1 saturated heterocycles. The zero-order chi connectivity index (χ0) is 19.2. The molecule has 0 atom stereocenters. The molecule has 0 saturated carbocycles. The van der Waals surface area contributed by atoms with Gasteiger partial charge in [-0.25, -0.2) is 5.01 Å². The van der Waals surface area contributed by atoms with Crippen LogP contribution in [0, 0.1) is 10.1 Å². The van der Waals surface area contributed by atoms with Crippen LogP contribution in [0.5, 0.6) is 5.75 Å². The normalized spacial score (nSPS) is 15.3. The Labute approximate surface area is 157 Å². The highest BCUT2D eigenvalue weighted by Gasteiger charge is 2.24. The molecule has 0 spiro atoms. The molecule has 0 bridgehead atoms. The number of methoxy groups -OCH3 is 1. The number of carbonyl (C=O) groups is 1. The topological polar surface area (TPSA) is 89.1 Å². The molecule has 2 aromatic carbocycles.